The van der Waals surface area contributed by atoms with Gasteiger partial charge in [0, 0.05) is 12.7 Å². The quantitative estimate of drug-likeness (QED) is 0.791. The molecule has 0 radical (unpaired) electrons. The summed E-state index contributed by atoms with van der Waals surface area (Å²) in [5.74, 6) is 0. The highest BCUT2D eigenvalue weighted by atomic mass is 15.3. The maximum Gasteiger partial charge on any atom is 0.0659 e. The summed E-state index contributed by atoms with van der Waals surface area (Å²) in [4.78, 5) is 0. The molecule has 1 aromatic carbocycles. The third kappa shape index (κ3) is 3.70. The lowest BCUT2D eigenvalue weighted by Crippen LogP contribution is -2.14. The van der Waals surface area contributed by atoms with E-state index < -0.39 is 0 Å². The average Bonchev–Trinajstić information content (AvgIpc) is 2.76. The van der Waals surface area contributed by atoms with E-state index in [9.17, 15) is 0 Å². The zero-order valence-corrected chi connectivity index (χ0v) is 11.2. The van der Waals surface area contributed by atoms with Crippen LogP contribution in [0.2, 0.25) is 0 Å². The van der Waals surface area contributed by atoms with Crippen LogP contribution in [-0.2, 0) is 13.1 Å². The highest BCUT2D eigenvalue weighted by Gasteiger charge is 1.99. The Labute approximate surface area is 109 Å². The fourth-order valence-corrected chi connectivity index (χ4v) is 1.99. The third-order valence-corrected chi connectivity index (χ3v) is 2.87. The molecule has 1 N–H and O–H groups in total. The van der Waals surface area contributed by atoms with E-state index in [1.165, 1.54) is 17.5 Å². The number of nitrogens with zero attached hydrogens (tertiary/aromatic N) is 2. The molecule has 0 amide bonds. The molecular formula is C15H21N3. The summed E-state index contributed by atoms with van der Waals surface area (Å²) in [6.45, 7) is 7.06. The van der Waals surface area contributed by atoms with Crippen LogP contribution in [0.5, 0.6) is 0 Å². The van der Waals surface area contributed by atoms with Gasteiger partial charge in [0.25, 0.3) is 0 Å². The molecule has 3 nitrogen and oxygen atoms in total. The minimum absolute atomic E-state index is 0.843. The van der Waals surface area contributed by atoms with Crippen molar-refractivity contribution in [2.75, 3.05) is 6.54 Å². The summed E-state index contributed by atoms with van der Waals surface area (Å²) in [6.07, 6.45) is 3.20. The van der Waals surface area contributed by atoms with Gasteiger partial charge in [0.05, 0.1) is 12.2 Å². The summed E-state index contributed by atoms with van der Waals surface area (Å²) >= 11 is 0. The summed E-state index contributed by atoms with van der Waals surface area (Å²) in [7, 11) is 0. The van der Waals surface area contributed by atoms with E-state index in [0.717, 1.165) is 25.3 Å². The molecule has 0 atom stereocenters. The van der Waals surface area contributed by atoms with E-state index in [4.69, 9.17) is 0 Å². The monoisotopic (exact) mass is 243 g/mol. The number of benzene rings is 1. The Kier molecular flexibility index (Phi) is 4.53. The van der Waals surface area contributed by atoms with Gasteiger partial charge < -0.3 is 5.32 Å². The van der Waals surface area contributed by atoms with Crippen LogP contribution < -0.4 is 5.32 Å². The van der Waals surface area contributed by atoms with Crippen LogP contribution in [0, 0.1) is 6.92 Å². The predicted molar refractivity (Wildman–Crippen MR) is 74.5 cm³/mol. The summed E-state index contributed by atoms with van der Waals surface area (Å²) in [6, 6.07) is 10.7. The highest BCUT2D eigenvalue weighted by molar-refractivity contribution is 5.23. The first kappa shape index (κ1) is 12.8. The van der Waals surface area contributed by atoms with Crippen molar-refractivity contribution in [1.29, 1.82) is 0 Å². The van der Waals surface area contributed by atoms with Gasteiger partial charge in [0.1, 0.15) is 0 Å². The van der Waals surface area contributed by atoms with E-state index in [-0.39, 0.29) is 0 Å². The molecule has 0 aliphatic heterocycles. The zero-order valence-electron chi connectivity index (χ0n) is 11.2. The zero-order chi connectivity index (χ0) is 12.8. The molecule has 18 heavy (non-hydrogen) atoms. The lowest BCUT2D eigenvalue weighted by Gasteiger charge is -2.06. The van der Waals surface area contributed by atoms with Crippen LogP contribution in [0.1, 0.15) is 30.2 Å². The smallest absolute Gasteiger partial charge is 0.0659 e. The van der Waals surface area contributed by atoms with Crippen LogP contribution >= 0.6 is 0 Å². The molecule has 96 valence electrons. The third-order valence-electron chi connectivity index (χ3n) is 2.87. The highest BCUT2D eigenvalue weighted by Crippen LogP contribution is 2.07. The van der Waals surface area contributed by atoms with Gasteiger partial charge in [-0.05, 0) is 37.1 Å². The number of rotatable bonds is 6. The lowest BCUT2D eigenvalue weighted by atomic mass is 10.1. The Morgan fingerprint density at radius 3 is 2.78 bits per heavy atom. The van der Waals surface area contributed by atoms with E-state index in [0.29, 0.717) is 0 Å². The first-order valence-corrected chi connectivity index (χ1v) is 6.56. The number of aryl methyl sites for hydroxylation is 1. The molecule has 1 heterocycles. The van der Waals surface area contributed by atoms with E-state index in [2.05, 4.69) is 41.6 Å². The molecule has 0 saturated carbocycles. The Morgan fingerprint density at radius 1 is 1.22 bits per heavy atom. The van der Waals surface area contributed by atoms with Gasteiger partial charge in [-0.15, -0.1) is 0 Å². The van der Waals surface area contributed by atoms with Crippen LogP contribution in [-0.4, -0.2) is 16.3 Å². The van der Waals surface area contributed by atoms with Crippen LogP contribution in [0.15, 0.2) is 36.5 Å². The molecule has 0 aliphatic carbocycles. The number of hydrogen-bond acceptors (Lipinski definition) is 2. The molecular weight excluding hydrogens is 222 g/mol. The fraction of sp³-hybridized carbons (Fsp3) is 0.400. The molecule has 0 spiro atoms. The molecule has 0 saturated heterocycles. The molecule has 0 fully saturated rings. The summed E-state index contributed by atoms with van der Waals surface area (Å²) < 4.78 is 1.98. The molecule has 0 unspecified atom stereocenters. The van der Waals surface area contributed by atoms with Gasteiger partial charge >= 0.3 is 0 Å². The standard InChI is InChI=1S/C15H21N3/c1-3-8-16-11-14-5-4-6-15(10-14)12-18-9-7-13(2)17-18/h4-7,9-10,16H,3,8,11-12H2,1-2H3. The number of nitrogens with one attached hydrogen (secondary N) is 1. The van der Waals surface area contributed by atoms with Gasteiger partial charge in [-0.1, -0.05) is 31.2 Å². The Bertz CT molecular complexity index is 488. The Morgan fingerprint density at radius 2 is 2.06 bits per heavy atom. The summed E-state index contributed by atoms with van der Waals surface area (Å²) in [5.41, 5.74) is 3.70. The number of aromatic nitrogens is 2. The minimum Gasteiger partial charge on any atom is -0.313 e. The first-order chi connectivity index (χ1) is 8.78. The van der Waals surface area contributed by atoms with E-state index >= 15 is 0 Å². The van der Waals surface area contributed by atoms with Crippen LogP contribution in [0.3, 0.4) is 0 Å². The van der Waals surface area contributed by atoms with Gasteiger partial charge in [0.2, 0.25) is 0 Å². The molecule has 0 bridgehead atoms. The van der Waals surface area contributed by atoms with Crippen molar-refractivity contribution in [3.8, 4) is 0 Å². The second-order valence-electron chi connectivity index (χ2n) is 4.65. The van der Waals surface area contributed by atoms with Crippen LogP contribution in [0.25, 0.3) is 0 Å². The van der Waals surface area contributed by atoms with Crippen molar-refractivity contribution in [2.45, 2.75) is 33.4 Å². The summed E-state index contributed by atoms with van der Waals surface area (Å²) in [5, 5.41) is 7.84. The predicted octanol–water partition coefficient (Wildman–Crippen LogP) is 2.74. The Balaban J connectivity index is 1.98. The second kappa shape index (κ2) is 6.36. The topological polar surface area (TPSA) is 29.9 Å². The molecule has 2 rings (SSSR count). The van der Waals surface area contributed by atoms with Gasteiger partial charge in [-0.25, -0.2) is 0 Å². The maximum atomic E-state index is 4.41. The first-order valence-electron chi connectivity index (χ1n) is 6.56. The Hall–Kier alpha value is -1.61. The molecule has 0 aliphatic rings. The minimum atomic E-state index is 0.843. The SMILES string of the molecule is CCCNCc1cccc(Cn2ccc(C)n2)c1. The normalized spacial score (nSPS) is 10.8. The molecule has 3 heteroatoms. The van der Waals surface area contributed by atoms with Crippen molar-refractivity contribution >= 4 is 0 Å². The average molecular weight is 243 g/mol. The van der Waals surface area contributed by atoms with E-state index in [1.54, 1.807) is 0 Å². The lowest BCUT2D eigenvalue weighted by molar-refractivity contribution is 0.666. The largest absolute Gasteiger partial charge is 0.313 e. The van der Waals surface area contributed by atoms with E-state index in [1.807, 2.05) is 23.9 Å². The van der Waals surface area contributed by atoms with Gasteiger partial charge in [-0.2, -0.15) is 5.10 Å². The molecule has 2 aromatic rings. The maximum absolute atomic E-state index is 4.41. The van der Waals surface area contributed by atoms with Gasteiger partial charge in [0.15, 0.2) is 0 Å². The van der Waals surface area contributed by atoms with Crippen molar-refractivity contribution in [3.63, 3.8) is 0 Å². The van der Waals surface area contributed by atoms with Gasteiger partial charge in [-0.3, -0.25) is 4.68 Å². The number of hydrogen-bond donors (Lipinski definition) is 1. The van der Waals surface area contributed by atoms with Crippen molar-refractivity contribution in [2.24, 2.45) is 0 Å². The fourth-order valence-electron chi connectivity index (χ4n) is 1.99. The van der Waals surface area contributed by atoms with Crippen molar-refractivity contribution in [3.05, 3.63) is 53.3 Å². The van der Waals surface area contributed by atoms with Crippen molar-refractivity contribution < 1.29 is 0 Å². The molecule has 1 aromatic heterocycles. The van der Waals surface area contributed by atoms with Crippen molar-refractivity contribution in [1.82, 2.24) is 15.1 Å². The second-order valence-corrected chi connectivity index (χ2v) is 4.65. The van der Waals surface area contributed by atoms with Crippen LogP contribution in [0.4, 0.5) is 0 Å².